The van der Waals surface area contributed by atoms with Crippen LogP contribution in [-0.4, -0.2) is 9.13 Å². The number of alkyl halides is 12. The quantitative estimate of drug-likeness (QED) is 0.162. The van der Waals surface area contributed by atoms with Crippen molar-refractivity contribution in [3.05, 3.63) is 167 Å². The fourth-order valence-electron chi connectivity index (χ4n) is 8.08. The molecule has 0 saturated heterocycles. The molecular formula is C47H23F12N3. The van der Waals surface area contributed by atoms with Gasteiger partial charge < -0.3 is 9.13 Å². The fourth-order valence-corrected chi connectivity index (χ4v) is 8.08. The Balaban J connectivity index is 1.42. The summed E-state index contributed by atoms with van der Waals surface area (Å²) < 4.78 is 172. The Morgan fingerprint density at radius 2 is 0.823 bits per heavy atom. The van der Waals surface area contributed by atoms with Crippen molar-refractivity contribution in [2.45, 2.75) is 24.7 Å². The van der Waals surface area contributed by atoms with E-state index in [-0.39, 0.29) is 61.5 Å². The van der Waals surface area contributed by atoms with E-state index in [1.165, 1.54) is 48.5 Å². The molecule has 9 rings (SSSR count). The highest BCUT2D eigenvalue weighted by Gasteiger charge is 2.38. The van der Waals surface area contributed by atoms with Crippen molar-refractivity contribution >= 4 is 43.6 Å². The van der Waals surface area contributed by atoms with Gasteiger partial charge in [-0.25, -0.2) is 0 Å². The van der Waals surface area contributed by atoms with Gasteiger partial charge in [-0.15, -0.1) is 0 Å². The van der Waals surface area contributed by atoms with E-state index in [9.17, 15) is 57.9 Å². The molecule has 0 fully saturated rings. The summed E-state index contributed by atoms with van der Waals surface area (Å²) >= 11 is 0. The number of benzene rings is 7. The van der Waals surface area contributed by atoms with E-state index in [0.717, 1.165) is 24.3 Å². The Kier molecular flexibility index (Phi) is 9.02. The number of fused-ring (bicyclic) bond motifs is 6. The predicted molar refractivity (Wildman–Crippen MR) is 211 cm³/mol. The van der Waals surface area contributed by atoms with Gasteiger partial charge in [-0.1, -0.05) is 48.5 Å². The lowest BCUT2D eigenvalue weighted by atomic mass is 9.93. The molecule has 0 radical (unpaired) electrons. The minimum absolute atomic E-state index is 0.00272. The molecule has 3 nitrogen and oxygen atoms in total. The second-order valence-electron chi connectivity index (χ2n) is 14.5. The van der Waals surface area contributed by atoms with Gasteiger partial charge in [0.05, 0.1) is 67.3 Å². The van der Waals surface area contributed by atoms with Gasteiger partial charge in [-0.3, -0.25) is 0 Å². The van der Waals surface area contributed by atoms with Crippen molar-refractivity contribution in [2.75, 3.05) is 0 Å². The van der Waals surface area contributed by atoms with Crippen LogP contribution in [0.25, 0.3) is 77.2 Å². The van der Waals surface area contributed by atoms with Gasteiger partial charge in [0.15, 0.2) is 0 Å². The average Bonchev–Trinajstić information content (AvgIpc) is 3.74. The molecule has 0 bridgehead atoms. The van der Waals surface area contributed by atoms with Crippen LogP contribution >= 0.6 is 0 Å². The van der Waals surface area contributed by atoms with Crippen molar-refractivity contribution in [3.8, 4) is 39.7 Å². The lowest BCUT2D eigenvalue weighted by Gasteiger charge is -2.21. The molecule has 0 N–H and O–H groups in total. The highest BCUT2D eigenvalue weighted by Crippen LogP contribution is 2.46. The molecule has 0 amide bonds. The third-order valence-electron chi connectivity index (χ3n) is 10.8. The first-order valence-electron chi connectivity index (χ1n) is 18.4. The van der Waals surface area contributed by atoms with E-state index < -0.39 is 52.5 Å². The van der Waals surface area contributed by atoms with Crippen molar-refractivity contribution in [3.63, 3.8) is 0 Å². The monoisotopic (exact) mass is 857 g/mol. The average molecular weight is 858 g/mol. The molecular weight excluding hydrogens is 835 g/mol. The Morgan fingerprint density at radius 3 is 1.31 bits per heavy atom. The zero-order valence-corrected chi connectivity index (χ0v) is 31.2. The van der Waals surface area contributed by atoms with Gasteiger partial charge in [0.25, 0.3) is 0 Å². The Labute approximate surface area is 341 Å². The van der Waals surface area contributed by atoms with Crippen LogP contribution in [0.1, 0.15) is 27.8 Å². The van der Waals surface area contributed by atoms with Crippen LogP contribution in [0.4, 0.5) is 52.7 Å². The van der Waals surface area contributed by atoms with E-state index in [1.54, 1.807) is 57.7 Å². The summed E-state index contributed by atoms with van der Waals surface area (Å²) in [6.45, 7) is 0. The van der Waals surface area contributed by atoms with Crippen molar-refractivity contribution in [2.24, 2.45) is 0 Å². The van der Waals surface area contributed by atoms with Crippen molar-refractivity contribution in [1.29, 1.82) is 5.26 Å². The Bertz CT molecular complexity index is 3290. The molecule has 0 saturated carbocycles. The first-order valence-corrected chi connectivity index (χ1v) is 18.4. The van der Waals surface area contributed by atoms with Crippen LogP contribution in [0, 0.1) is 11.3 Å². The van der Waals surface area contributed by atoms with Gasteiger partial charge in [-0.2, -0.15) is 57.9 Å². The van der Waals surface area contributed by atoms with E-state index in [2.05, 4.69) is 0 Å². The topological polar surface area (TPSA) is 33.6 Å². The van der Waals surface area contributed by atoms with E-state index >= 15 is 0 Å². The number of rotatable bonds is 4. The summed E-state index contributed by atoms with van der Waals surface area (Å²) in [4.78, 5) is 0. The predicted octanol–water partition coefficient (Wildman–Crippen LogP) is 15.2. The second-order valence-corrected chi connectivity index (χ2v) is 14.5. The molecule has 15 heteroatoms. The van der Waals surface area contributed by atoms with E-state index in [0.29, 0.717) is 33.9 Å². The van der Waals surface area contributed by atoms with Crippen molar-refractivity contribution in [1.82, 2.24) is 9.13 Å². The Hall–Kier alpha value is -7.21. The van der Waals surface area contributed by atoms with Crippen LogP contribution in [0.3, 0.4) is 0 Å². The van der Waals surface area contributed by atoms with Crippen LogP contribution in [0.15, 0.2) is 140 Å². The maximum absolute atomic E-state index is 14.1. The maximum Gasteiger partial charge on any atom is 0.416 e. The molecule has 2 aromatic heterocycles. The van der Waals surface area contributed by atoms with Crippen molar-refractivity contribution < 1.29 is 52.7 Å². The summed E-state index contributed by atoms with van der Waals surface area (Å²) in [7, 11) is 0. The summed E-state index contributed by atoms with van der Waals surface area (Å²) in [5.74, 6) is 0. The van der Waals surface area contributed by atoms with E-state index in [1.807, 2.05) is 6.07 Å². The first kappa shape index (κ1) is 40.2. The van der Waals surface area contributed by atoms with Gasteiger partial charge in [-0.05, 0) is 102 Å². The number of nitriles is 1. The van der Waals surface area contributed by atoms with Gasteiger partial charge in [0, 0.05) is 32.7 Å². The Morgan fingerprint density at radius 1 is 0.355 bits per heavy atom. The molecule has 0 unspecified atom stereocenters. The molecule has 9 aromatic rings. The fraction of sp³-hybridized carbons (Fsp3) is 0.0851. The number of para-hydroxylation sites is 2. The van der Waals surface area contributed by atoms with Crippen LogP contribution in [0.5, 0.6) is 0 Å². The zero-order valence-electron chi connectivity index (χ0n) is 31.2. The molecule has 310 valence electrons. The molecule has 7 aromatic carbocycles. The van der Waals surface area contributed by atoms with Gasteiger partial charge >= 0.3 is 24.7 Å². The number of nitrogens with zero attached hydrogens (tertiary/aromatic N) is 3. The summed E-state index contributed by atoms with van der Waals surface area (Å²) in [6.07, 6.45) is -19.8. The minimum atomic E-state index is -5.18. The largest absolute Gasteiger partial charge is 0.416 e. The summed E-state index contributed by atoms with van der Waals surface area (Å²) in [5, 5.41) is 11.3. The molecule has 0 atom stereocenters. The highest BCUT2D eigenvalue weighted by atomic mass is 19.4. The zero-order chi connectivity index (χ0) is 44.1. The first-order chi connectivity index (χ1) is 29.2. The third-order valence-corrected chi connectivity index (χ3v) is 10.8. The van der Waals surface area contributed by atoms with Crippen LogP contribution in [0.2, 0.25) is 0 Å². The van der Waals surface area contributed by atoms with Crippen LogP contribution in [-0.2, 0) is 24.7 Å². The van der Waals surface area contributed by atoms with Crippen LogP contribution < -0.4 is 0 Å². The highest BCUT2D eigenvalue weighted by molar-refractivity contribution is 6.12. The lowest BCUT2D eigenvalue weighted by molar-refractivity contribution is -0.143. The molecule has 0 aliphatic carbocycles. The second kappa shape index (κ2) is 13.9. The minimum Gasteiger partial charge on any atom is -0.309 e. The number of aromatic nitrogens is 2. The normalized spacial score (nSPS) is 12.8. The maximum atomic E-state index is 14.1. The lowest BCUT2D eigenvalue weighted by Crippen LogP contribution is -2.11. The summed E-state index contributed by atoms with van der Waals surface area (Å²) in [5.41, 5.74) is -3.47. The standard InChI is InChI=1S/C47H23F12N3/c48-44(49,50)28-11-15-41-36(22-28)32-5-1-3-7-38(32)61(41)40-14-10-26(27-18-30(46(54,55)56)21-31(19-27)47(57,58)59)20-35(40)34-13-9-25(24-60)17-43(34)62-39-8-4-2-6-33(39)37-23-29(45(51,52)53)12-16-42(37)62/h1-23H. The third kappa shape index (κ3) is 6.75. The molecule has 0 spiro atoms. The SMILES string of the molecule is N#Cc1ccc(-c2cc(-c3cc(C(F)(F)F)cc(C(F)(F)F)c3)ccc2-n2c3ccccc3c3cc(C(F)(F)F)ccc32)c(-n2c3ccccc3c3cc(C(F)(F)F)ccc32)c1. The molecule has 0 aliphatic heterocycles. The van der Waals surface area contributed by atoms with Gasteiger partial charge in [0.2, 0.25) is 0 Å². The number of hydrogen-bond acceptors (Lipinski definition) is 1. The van der Waals surface area contributed by atoms with Gasteiger partial charge in [0.1, 0.15) is 0 Å². The molecule has 62 heavy (non-hydrogen) atoms. The van der Waals surface area contributed by atoms with E-state index in [4.69, 9.17) is 0 Å². The molecule has 2 heterocycles. The summed E-state index contributed by atoms with van der Waals surface area (Å²) in [6, 6.07) is 30.8. The number of halogens is 12. The molecule has 0 aliphatic rings. The number of hydrogen-bond donors (Lipinski definition) is 0. The smallest absolute Gasteiger partial charge is 0.309 e.